The van der Waals surface area contributed by atoms with Crippen LogP contribution in [-0.4, -0.2) is 29.0 Å². The molecule has 0 unspecified atom stereocenters. The molecule has 112 valence electrons. The molecule has 0 saturated carbocycles. The molecule has 1 aliphatic heterocycles. The molecule has 3 rings (SSSR count). The van der Waals surface area contributed by atoms with Gasteiger partial charge >= 0.3 is 0 Å². The van der Waals surface area contributed by atoms with Crippen LogP contribution in [0.3, 0.4) is 0 Å². The molecular formula is C17H23N3S. The molecule has 21 heavy (non-hydrogen) atoms. The predicted octanol–water partition coefficient (Wildman–Crippen LogP) is 3.78. The van der Waals surface area contributed by atoms with Crippen molar-refractivity contribution in [3.63, 3.8) is 0 Å². The number of rotatable bonds is 5. The maximum Gasteiger partial charge on any atom is 0.183 e. The molecule has 2 heterocycles. The first-order valence-electron chi connectivity index (χ1n) is 7.80. The Labute approximate surface area is 131 Å². The number of piperidine rings is 1. The highest BCUT2D eigenvalue weighted by Crippen LogP contribution is 2.21. The van der Waals surface area contributed by atoms with E-state index in [1.54, 1.807) is 11.3 Å². The van der Waals surface area contributed by atoms with E-state index in [0.717, 1.165) is 18.1 Å². The number of nitrogens with zero attached hydrogens (tertiary/aromatic N) is 2. The Morgan fingerprint density at radius 3 is 2.67 bits per heavy atom. The molecule has 1 N–H and O–H groups in total. The van der Waals surface area contributed by atoms with Crippen molar-refractivity contribution in [2.24, 2.45) is 0 Å². The molecule has 0 radical (unpaired) electrons. The van der Waals surface area contributed by atoms with Gasteiger partial charge in [-0.05, 0) is 24.8 Å². The molecule has 3 nitrogen and oxygen atoms in total. The Morgan fingerprint density at radius 2 is 2.00 bits per heavy atom. The average molecular weight is 301 g/mol. The maximum absolute atomic E-state index is 4.60. The normalized spacial score (nSPS) is 17.0. The Balaban J connectivity index is 1.46. The fourth-order valence-electron chi connectivity index (χ4n) is 2.79. The second kappa shape index (κ2) is 7.05. The van der Waals surface area contributed by atoms with Crippen LogP contribution in [0.1, 0.15) is 31.0 Å². The minimum Gasteiger partial charge on any atom is -0.359 e. The molecule has 1 saturated heterocycles. The van der Waals surface area contributed by atoms with Crippen LogP contribution in [0.5, 0.6) is 0 Å². The quantitative estimate of drug-likeness (QED) is 0.911. The van der Waals surface area contributed by atoms with Gasteiger partial charge < -0.3 is 5.32 Å². The van der Waals surface area contributed by atoms with E-state index in [4.69, 9.17) is 0 Å². The summed E-state index contributed by atoms with van der Waals surface area (Å²) in [5.74, 6) is 0. The largest absolute Gasteiger partial charge is 0.359 e. The van der Waals surface area contributed by atoms with E-state index >= 15 is 0 Å². The van der Waals surface area contributed by atoms with Crippen LogP contribution in [0.2, 0.25) is 0 Å². The van der Waals surface area contributed by atoms with Crippen LogP contribution in [0, 0.1) is 0 Å². The van der Waals surface area contributed by atoms with Crippen molar-refractivity contribution in [1.82, 2.24) is 9.88 Å². The lowest BCUT2D eigenvalue weighted by molar-refractivity contribution is 0.211. The second-order valence-corrected chi connectivity index (χ2v) is 6.54. The standard InChI is InChI=1S/C17H23N3S/c1-2-15-13-21-17(18-15)19-16-8-10-20(11-9-16)12-14-6-4-3-5-7-14/h3-7,13,16H,2,8-12H2,1H3,(H,18,19). The minimum atomic E-state index is 0.577. The summed E-state index contributed by atoms with van der Waals surface area (Å²) >= 11 is 1.74. The van der Waals surface area contributed by atoms with E-state index in [9.17, 15) is 0 Å². The fourth-order valence-corrected chi connectivity index (χ4v) is 3.66. The third-order valence-corrected chi connectivity index (χ3v) is 4.90. The highest BCUT2D eigenvalue weighted by atomic mass is 32.1. The van der Waals surface area contributed by atoms with E-state index in [0.29, 0.717) is 6.04 Å². The number of aryl methyl sites for hydroxylation is 1. The number of hydrogen-bond donors (Lipinski definition) is 1. The van der Waals surface area contributed by atoms with Gasteiger partial charge in [0.15, 0.2) is 5.13 Å². The Kier molecular flexibility index (Phi) is 4.88. The fraction of sp³-hybridized carbons (Fsp3) is 0.471. The molecule has 2 aromatic rings. The monoisotopic (exact) mass is 301 g/mol. The lowest BCUT2D eigenvalue weighted by atomic mass is 10.0. The number of anilines is 1. The zero-order chi connectivity index (χ0) is 14.5. The number of hydrogen-bond acceptors (Lipinski definition) is 4. The lowest BCUT2D eigenvalue weighted by Crippen LogP contribution is -2.38. The molecule has 1 aromatic heterocycles. The molecular weight excluding hydrogens is 278 g/mol. The van der Waals surface area contributed by atoms with E-state index in [-0.39, 0.29) is 0 Å². The van der Waals surface area contributed by atoms with Crippen molar-refractivity contribution in [3.8, 4) is 0 Å². The van der Waals surface area contributed by atoms with Gasteiger partial charge in [-0.15, -0.1) is 11.3 Å². The van der Waals surface area contributed by atoms with Crippen LogP contribution in [0.15, 0.2) is 35.7 Å². The van der Waals surface area contributed by atoms with Gasteiger partial charge in [0.1, 0.15) is 0 Å². The van der Waals surface area contributed by atoms with Crippen molar-refractivity contribution < 1.29 is 0 Å². The highest BCUT2D eigenvalue weighted by molar-refractivity contribution is 7.13. The maximum atomic E-state index is 4.60. The second-order valence-electron chi connectivity index (χ2n) is 5.68. The molecule has 1 aliphatic rings. The summed E-state index contributed by atoms with van der Waals surface area (Å²) < 4.78 is 0. The van der Waals surface area contributed by atoms with Crippen molar-refractivity contribution in [2.45, 2.75) is 38.8 Å². The SMILES string of the molecule is CCc1csc(NC2CCN(Cc3ccccc3)CC2)n1. The third-order valence-electron chi connectivity index (χ3n) is 4.08. The first-order valence-corrected chi connectivity index (χ1v) is 8.68. The van der Waals surface area contributed by atoms with Crippen LogP contribution in [0.25, 0.3) is 0 Å². The summed E-state index contributed by atoms with van der Waals surface area (Å²) in [7, 11) is 0. The van der Waals surface area contributed by atoms with Gasteiger partial charge in [0, 0.05) is 31.1 Å². The molecule has 0 atom stereocenters. The minimum absolute atomic E-state index is 0.577. The molecule has 0 aliphatic carbocycles. The lowest BCUT2D eigenvalue weighted by Gasteiger charge is -2.32. The topological polar surface area (TPSA) is 28.2 Å². The van der Waals surface area contributed by atoms with Gasteiger partial charge in [0.25, 0.3) is 0 Å². The van der Waals surface area contributed by atoms with Crippen molar-refractivity contribution >= 4 is 16.5 Å². The van der Waals surface area contributed by atoms with Crippen molar-refractivity contribution in [1.29, 1.82) is 0 Å². The van der Waals surface area contributed by atoms with Crippen LogP contribution >= 0.6 is 11.3 Å². The Hall–Kier alpha value is -1.39. The average Bonchev–Trinajstić information content (AvgIpc) is 2.98. The smallest absolute Gasteiger partial charge is 0.183 e. The van der Waals surface area contributed by atoms with Crippen molar-refractivity contribution in [2.75, 3.05) is 18.4 Å². The molecule has 0 spiro atoms. The van der Waals surface area contributed by atoms with Gasteiger partial charge in [-0.1, -0.05) is 37.3 Å². The zero-order valence-corrected chi connectivity index (χ0v) is 13.4. The van der Waals surface area contributed by atoms with Crippen molar-refractivity contribution in [3.05, 3.63) is 47.0 Å². The van der Waals surface area contributed by atoms with Crippen LogP contribution in [-0.2, 0) is 13.0 Å². The van der Waals surface area contributed by atoms with E-state index in [2.05, 4.69) is 57.8 Å². The summed E-state index contributed by atoms with van der Waals surface area (Å²) in [5, 5.41) is 6.85. The molecule has 1 fully saturated rings. The number of benzene rings is 1. The van der Waals surface area contributed by atoms with E-state index < -0.39 is 0 Å². The van der Waals surface area contributed by atoms with E-state index in [1.807, 2.05) is 0 Å². The van der Waals surface area contributed by atoms with Crippen LogP contribution < -0.4 is 5.32 Å². The van der Waals surface area contributed by atoms with Gasteiger partial charge in [0.05, 0.1) is 5.69 Å². The number of aromatic nitrogens is 1. The molecule has 0 bridgehead atoms. The summed E-state index contributed by atoms with van der Waals surface area (Å²) in [6.07, 6.45) is 3.43. The molecule has 0 amide bonds. The van der Waals surface area contributed by atoms with Gasteiger partial charge in [-0.3, -0.25) is 4.90 Å². The molecule has 1 aromatic carbocycles. The van der Waals surface area contributed by atoms with Gasteiger partial charge in [0.2, 0.25) is 0 Å². The van der Waals surface area contributed by atoms with Gasteiger partial charge in [-0.25, -0.2) is 4.98 Å². The summed E-state index contributed by atoms with van der Waals surface area (Å²) in [6, 6.07) is 11.3. The summed E-state index contributed by atoms with van der Waals surface area (Å²) in [5.41, 5.74) is 2.61. The first-order chi connectivity index (χ1) is 10.3. The van der Waals surface area contributed by atoms with Crippen LogP contribution in [0.4, 0.5) is 5.13 Å². The summed E-state index contributed by atoms with van der Waals surface area (Å²) in [6.45, 7) is 5.56. The van der Waals surface area contributed by atoms with E-state index in [1.165, 1.54) is 37.2 Å². The zero-order valence-electron chi connectivity index (χ0n) is 12.6. The molecule has 4 heteroatoms. The number of likely N-dealkylation sites (tertiary alicyclic amines) is 1. The highest BCUT2D eigenvalue weighted by Gasteiger charge is 2.19. The number of thiazole rings is 1. The number of nitrogens with one attached hydrogen (secondary N) is 1. The summed E-state index contributed by atoms with van der Waals surface area (Å²) in [4.78, 5) is 7.15. The Morgan fingerprint density at radius 1 is 1.24 bits per heavy atom. The van der Waals surface area contributed by atoms with Gasteiger partial charge in [-0.2, -0.15) is 0 Å². The third kappa shape index (κ3) is 4.05. The predicted molar refractivity (Wildman–Crippen MR) is 89.9 cm³/mol. The first kappa shape index (κ1) is 14.5. The Bertz CT molecular complexity index is 544.